The monoisotopic (exact) mass is 381 g/mol. The number of nitrogens with zero attached hydrogens (tertiary/aromatic N) is 3. The highest BCUT2D eigenvalue weighted by Gasteiger charge is 2.29. The molecule has 0 aliphatic heterocycles. The van der Waals surface area contributed by atoms with Gasteiger partial charge in [-0.1, -0.05) is 12.1 Å². The van der Waals surface area contributed by atoms with Crippen molar-refractivity contribution in [3.63, 3.8) is 0 Å². The van der Waals surface area contributed by atoms with Gasteiger partial charge in [0.25, 0.3) is 0 Å². The van der Waals surface area contributed by atoms with E-state index in [2.05, 4.69) is 5.10 Å². The number of rotatable bonds is 5. The number of hydrogen-bond donors (Lipinski definition) is 0. The molecule has 1 heterocycles. The molecule has 0 amide bonds. The first kappa shape index (κ1) is 18.8. The molecule has 27 heavy (non-hydrogen) atoms. The van der Waals surface area contributed by atoms with Gasteiger partial charge in [-0.3, -0.25) is 4.90 Å². The van der Waals surface area contributed by atoms with Crippen molar-refractivity contribution >= 4 is 0 Å². The van der Waals surface area contributed by atoms with Crippen LogP contribution in [0.2, 0.25) is 0 Å². The second-order valence-corrected chi connectivity index (χ2v) is 6.03. The van der Waals surface area contributed by atoms with E-state index in [0.717, 1.165) is 16.8 Å². The van der Waals surface area contributed by atoms with Gasteiger partial charge in [-0.2, -0.15) is 17.9 Å². The molecule has 9 heteroatoms. The SMILES string of the molecule is CN(Cc1ccc(C(F)(F)F)cc1)Cn1nc(-c2ccc(F)cc2)oc1=O. The summed E-state index contributed by atoms with van der Waals surface area (Å²) < 4.78 is 56.9. The smallest absolute Gasteiger partial charge is 0.388 e. The Hall–Kier alpha value is -2.94. The largest absolute Gasteiger partial charge is 0.438 e. The quantitative estimate of drug-likeness (QED) is 0.632. The van der Waals surface area contributed by atoms with Gasteiger partial charge in [0.15, 0.2) is 0 Å². The molecular weight excluding hydrogens is 366 g/mol. The molecule has 0 unspecified atom stereocenters. The molecule has 1 aromatic heterocycles. The zero-order valence-corrected chi connectivity index (χ0v) is 14.2. The normalized spacial score (nSPS) is 11.9. The highest BCUT2D eigenvalue weighted by Crippen LogP contribution is 2.29. The minimum Gasteiger partial charge on any atom is -0.388 e. The van der Waals surface area contributed by atoms with Crippen LogP contribution in [0.15, 0.2) is 57.7 Å². The number of halogens is 4. The zero-order chi connectivity index (χ0) is 19.6. The molecule has 0 aliphatic rings. The van der Waals surface area contributed by atoms with E-state index in [4.69, 9.17) is 4.42 Å². The summed E-state index contributed by atoms with van der Waals surface area (Å²) >= 11 is 0. The second kappa shape index (κ2) is 7.36. The first-order chi connectivity index (χ1) is 12.7. The van der Waals surface area contributed by atoms with E-state index in [-0.39, 0.29) is 12.6 Å². The molecule has 5 nitrogen and oxygen atoms in total. The molecular formula is C18H15F4N3O2. The summed E-state index contributed by atoms with van der Waals surface area (Å²) in [5.41, 5.74) is 0.393. The van der Waals surface area contributed by atoms with Crippen LogP contribution >= 0.6 is 0 Å². The fourth-order valence-electron chi connectivity index (χ4n) is 2.49. The van der Waals surface area contributed by atoms with Gasteiger partial charge in [-0.15, -0.1) is 5.10 Å². The van der Waals surface area contributed by atoms with E-state index < -0.39 is 23.3 Å². The molecule has 0 aliphatic carbocycles. The lowest BCUT2D eigenvalue weighted by Gasteiger charge is -2.16. The molecule has 0 bridgehead atoms. The third kappa shape index (κ3) is 4.62. The fourth-order valence-corrected chi connectivity index (χ4v) is 2.49. The minimum absolute atomic E-state index is 0.0583. The lowest BCUT2D eigenvalue weighted by Crippen LogP contribution is -2.28. The van der Waals surface area contributed by atoms with Crippen molar-refractivity contribution < 1.29 is 22.0 Å². The van der Waals surface area contributed by atoms with Crippen molar-refractivity contribution in [2.45, 2.75) is 19.4 Å². The average Bonchev–Trinajstić information content (AvgIpc) is 2.95. The van der Waals surface area contributed by atoms with Crippen LogP contribution in [-0.4, -0.2) is 21.7 Å². The van der Waals surface area contributed by atoms with E-state index in [1.165, 1.54) is 36.4 Å². The topological polar surface area (TPSA) is 51.3 Å². The highest BCUT2D eigenvalue weighted by atomic mass is 19.4. The Bertz CT molecular complexity index is 960. The Kier molecular flexibility index (Phi) is 5.13. The summed E-state index contributed by atoms with van der Waals surface area (Å²) in [5, 5.41) is 4.06. The summed E-state index contributed by atoms with van der Waals surface area (Å²) in [7, 11) is 1.69. The van der Waals surface area contributed by atoms with Crippen LogP contribution in [0, 0.1) is 5.82 Å². The molecule has 0 saturated carbocycles. The van der Waals surface area contributed by atoms with Crippen LogP contribution in [-0.2, 0) is 19.4 Å². The third-order valence-electron chi connectivity index (χ3n) is 3.81. The van der Waals surface area contributed by atoms with Crippen LogP contribution in [0.4, 0.5) is 17.6 Å². The Morgan fingerprint density at radius 1 is 1.07 bits per heavy atom. The molecule has 0 atom stereocenters. The minimum atomic E-state index is -4.38. The predicted octanol–water partition coefficient (Wildman–Crippen LogP) is 3.75. The Labute approximate surface area is 151 Å². The number of alkyl halides is 3. The summed E-state index contributed by atoms with van der Waals surface area (Å²) in [4.78, 5) is 13.6. The zero-order valence-electron chi connectivity index (χ0n) is 14.2. The van der Waals surface area contributed by atoms with Crippen LogP contribution in [0.1, 0.15) is 11.1 Å². The molecule has 0 saturated heterocycles. The third-order valence-corrected chi connectivity index (χ3v) is 3.81. The molecule has 142 valence electrons. The van der Waals surface area contributed by atoms with Crippen LogP contribution < -0.4 is 5.76 Å². The molecule has 2 aromatic carbocycles. The summed E-state index contributed by atoms with van der Waals surface area (Å²) in [5.74, 6) is -1.05. The van der Waals surface area contributed by atoms with Gasteiger partial charge in [0, 0.05) is 12.1 Å². The molecule has 3 rings (SSSR count). The maximum absolute atomic E-state index is 13.0. The van der Waals surface area contributed by atoms with Gasteiger partial charge >= 0.3 is 11.9 Å². The first-order valence-corrected chi connectivity index (χ1v) is 7.91. The highest BCUT2D eigenvalue weighted by molar-refractivity contribution is 5.51. The first-order valence-electron chi connectivity index (χ1n) is 7.91. The van der Waals surface area contributed by atoms with Crippen molar-refractivity contribution in [1.29, 1.82) is 0 Å². The van der Waals surface area contributed by atoms with E-state index in [0.29, 0.717) is 17.7 Å². The van der Waals surface area contributed by atoms with E-state index in [1.54, 1.807) is 11.9 Å². The Balaban J connectivity index is 1.68. The maximum atomic E-state index is 13.0. The van der Waals surface area contributed by atoms with Crippen molar-refractivity contribution in [1.82, 2.24) is 14.7 Å². The van der Waals surface area contributed by atoms with E-state index in [1.807, 2.05) is 0 Å². The van der Waals surface area contributed by atoms with Crippen LogP contribution in [0.25, 0.3) is 11.5 Å². The van der Waals surface area contributed by atoms with Crippen molar-refractivity contribution in [3.8, 4) is 11.5 Å². The van der Waals surface area contributed by atoms with Gasteiger partial charge < -0.3 is 4.42 Å². The molecule has 3 aromatic rings. The van der Waals surface area contributed by atoms with Crippen molar-refractivity contribution in [3.05, 3.63) is 76.0 Å². The number of aromatic nitrogens is 2. The Morgan fingerprint density at radius 2 is 1.70 bits per heavy atom. The Morgan fingerprint density at radius 3 is 2.30 bits per heavy atom. The van der Waals surface area contributed by atoms with Crippen LogP contribution in [0.3, 0.4) is 0 Å². The number of hydrogen-bond acceptors (Lipinski definition) is 4. The lowest BCUT2D eigenvalue weighted by molar-refractivity contribution is -0.137. The van der Waals surface area contributed by atoms with Crippen molar-refractivity contribution in [2.75, 3.05) is 7.05 Å². The lowest BCUT2D eigenvalue weighted by atomic mass is 10.1. The van der Waals surface area contributed by atoms with Crippen LogP contribution in [0.5, 0.6) is 0 Å². The second-order valence-electron chi connectivity index (χ2n) is 6.03. The average molecular weight is 381 g/mol. The molecule has 0 N–H and O–H groups in total. The van der Waals surface area contributed by atoms with Gasteiger partial charge in [0.1, 0.15) is 12.5 Å². The molecule has 0 spiro atoms. The van der Waals surface area contributed by atoms with E-state index >= 15 is 0 Å². The van der Waals surface area contributed by atoms with Gasteiger partial charge in [-0.25, -0.2) is 9.18 Å². The molecule has 0 radical (unpaired) electrons. The van der Waals surface area contributed by atoms with Gasteiger partial charge in [0.05, 0.1) is 5.56 Å². The fraction of sp³-hybridized carbons (Fsp3) is 0.222. The standard InChI is InChI=1S/C18H15F4N3O2/c1-24(10-12-2-6-14(7-3-12)18(20,21)22)11-25-17(26)27-16(23-25)13-4-8-15(19)9-5-13/h2-9H,10-11H2,1H3. The summed E-state index contributed by atoms with van der Waals surface area (Å²) in [6.07, 6.45) is -4.38. The van der Waals surface area contributed by atoms with Gasteiger partial charge in [0.2, 0.25) is 5.89 Å². The summed E-state index contributed by atoms with van der Waals surface area (Å²) in [6.45, 7) is 0.383. The number of benzene rings is 2. The van der Waals surface area contributed by atoms with E-state index in [9.17, 15) is 22.4 Å². The van der Waals surface area contributed by atoms with Crippen molar-refractivity contribution in [2.24, 2.45) is 0 Å². The van der Waals surface area contributed by atoms with Gasteiger partial charge in [-0.05, 0) is 49.0 Å². The summed E-state index contributed by atoms with van der Waals surface area (Å²) in [6, 6.07) is 10.1. The maximum Gasteiger partial charge on any atom is 0.438 e. The molecule has 0 fully saturated rings. The predicted molar refractivity (Wildman–Crippen MR) is 89.1 cm³/mol.